The van der Waals surface area contributed by atoms with Crippen LogP contribution in [0, 0.1) is 0 Å². The lowest BCUT2D eigenvalue weighted by atomic mass is 10.1. The van der Waals surface area contributed by atoms with Crippen LogP contribution in [0.2, 0.25) is 0 Å². The van der Waals surface area contributed by atoms with Crippen molar-refractivity contribution in [3.63, 3.8) is 0 Å². The first-order valence-corrected chi connectivity index (χ1v) is 5.42. The van der Waals surface area contributed by atoms with E-state index >= 15 is 0 Å². The third-order valence-corrected chi connectivity index (χ3v) is 2.45. The molecule has 0 bridgehead atoms. The van der Waals surface area contributed by atoms with Crippen LogP contribution in [0.4, 0.5) is 14.5 Å². The topological polar surface area (TPSA) is 76.2 Å². The maximum Gasteiger partial charge on any atom is 0.307 e. The Kier molecular flexibility index (Phi) is 4.17. The Balaban J connectivity index is 3.24. The maximum absolute atomic E-state index is 12.6. The van der Waals surface area contributed by atoms with Gasteiger partial charge in [-0.25, -0.2) is 13.8 Å². The molecule has 3 N–H and O–H groups in total. The van der Waals surface area contributed by atoms with Crippen LogP contribution in [0.3, 0.4) is 0 Å². The van der Waals surface area contributed by atoms with Crippen molar-refractivity contribution in [1.29, 1.82) is 0 Å². The number of pyridine rings is 1. The second-order valence-electron chi connectivity index (χ2n) is 3.07. The molecule has 0 spiro atoms. The molecule has 0 saturated heterocycles. The zero-order chi connectivity index (χ0) is 12.3. The molecular weight excluding hydrogens is 286 g/mol. The molecule has 0 saturated carbocycles. The number of alkyl halides is 3. The summed E-state index contributed by atoms with van der Waals surface area (Å²) in [4.78, 5) is 14.1. The molecule has 0 atom stereocenters. The third-order valence-electron chi connectivity index (χ3n) is 1.92. The number of hydrogen-bond acceptors (Lipinski definition) is 3. The van der Waals surface area contributed by atoms with Crippen LogP contribution in [0.15, 0.2) is 6.07 Å². The van der Waals surface area contributed by atoms with Gasteiger partial charge in [-0.3, -0.25) is 4.79 Å². The quantitative estimate of drug-likeness (QED) is 0.834. The molecule has 0 fully saturated rings. The Labute approximate surface area is 98.6 Å². The van der Waals surface area contributed by atoms with Crippen LogP contribution >= 0.6 is 15.9 Å². The fourth-order valence-electron chi connectivity index (χ4n) is 1.23. The summed E-state index contributed by atoms with van der Waals surface area (Å²) in [5.41, 5.74) is 5.46. The Morgan fingerprint density at radius 2 is 2.25 bits per heavy atom. The van der Waals surface area contributed by atoms with E-state index in [9.17, 15) is 13.6 Å². The molecule has 0 aliphatic carbocycles. The number of hydrogen-bond donors (Lipinski definition) is 2. The van der Waals surface area contributed by atoms with E-state index in [1.165, 1.54) is 6.07 Å². The summed E-state index contributed by atoms with van der Waals surface area (Å²) in [5.74, 6) is -1.20. The number of nitrogen functional groups attached to an aromatic ring is 1. The van der Waals surface area contributed by atoms with Gasteiger partial charge >= 0.3 is 5.97 Å². The lowest BCUT2D eigenvalue weighted by molar-refractivity contribution is -0.136. The first-order valence-electron chi connectivity index (χ1n) is 4.29. The van der Waals surface area contributed by atoms with Crippen molar-refractivity contribution in [2.24, 2.45) is 0 Å². The fraction of sp³-hybridized carbons (Fsp3) is 0.333. The number of anilines is 1. The van der Waals surface area contributed by atoms with E-state index in [-0.39, 0.29) is 22.3 Å². The van der Waals surface area contributed by atoms with Gasteiger partial charge in [0.25, 0.3) is 6.43 Å². The lowest BCUT2D eigenvalue weighted by Gasteiger charge is -2.10. The molecule has 1 heterocycles. The summed E-state index contributed by atoms with van der Waals surface area (Å²) in [6, 6.07) is 1.24. The second kappa shape index (κ2) is 5.20. The van der Waals surface area contributed by atoms with Crippen LogP contribution in [0.5, 0.6) is 0 Å². The molecule has 4 nitrogen and oxygen atoms in total. The largest absolute Gasteiger partial charge is 0.481 e. The minimum atomic E-state index is -2.81. The molecule has 0 aromatic carbocycles. The lowest BCUT2D eigenvalue weighted by Crippen LogP contribution is -2.09. The predicted molar refractivity (Wildman–Crippen MR) is 57.6 cm³/mol. The summed E-state index contributed by atoms with van der Waals surface area (Å²) in [7, 11) is 0. The molecule has 88 valence electrons. The van der Waals surface area contributed by atoms with Gasteiger partial charge in [0, 0.05) is 5.33 Å². The molecule has 1 rings (SSSR count). The van der Waals surface area contributed by atoms with Crippen molar-refractivity contribution in [3.8, 4) is 0 Å². The molecule has 0 radical (unpaired) electrons. The maximum atomic E-state index is 12.6. The molecule has 7 heteroatoms. The average Bonchev–Trinajstić information content (AvgIpc) is 2.16. The highest BCUT2D eigenvalue weighted by molar-refractivity contribution is 9.08. The number of rotatable bonds is 4. The standard InChI is InChI=1S/C9H9BrF2N2O2/c10-3-6-5(13)1-4(2-7(15)16)8(14-6)9(11)12/h1,9H,2-3,13H2,(H,15,16). The minimum Gasteiger partial charge on any atom is -0.481 e. The first kappa shape index (κ1) is 12.8. The highest BCUT2D eigenvalue weighted by Crippen LogP contribution is 2.26. The number of nitrogens with two attached hydrogens (primary N) is 1. The van der Waals surface area contributed by atoms with Crippen molar-refractivity contribution in [3.05, 3.63) is 23.0 Å². The van der Waals surface area contributed by atoms with Crippen molar-refractivity contribution in [2.45, 2.75) is 18.2 Å². The van der Waals surface area contributed by atoms with Gasteiger partial charge in [-0.15, -0.1) is 0 Å². The van der Waals surface area contributed by atoms with Gasteiger partial charge in [-0.1, -0.05) is 15.9 Å². The van der Waals surface area contributed by atoms with E-state index in [0.717, 1.165) is 0 Å². The smallest absolute Gasteiger partial charge is 0.307 e. The van der Waals surface area contributed by atoms with E-state index in [4.69, 9.17) is 10.8 Å². The van der Waals surface area contributed by atoms with E-state index in [0.29, 0.717) is 0 Å². The van der Waals surface area contributed by atoms with Gasteiger partial charge in [0.15, 0.2) is 0 Å². The Hall–Kier alpha value is -1.24. The zero-order valence-corrected chi connectivity index (χ0v) is 9.67. The predicted octanol–water partition coefficient (Wildman–Crippen LogP) is 2.12. The van der Waals surface area contributed by atoms with Gasteiger partial charge in [-0.05, 0) is 11.6 Å². The SMILES string of the molecule is Nc1cc(CC(=O)O)c(C(F)F)nc1CBr. The Morgan fingerprint density at radius 1 is 1.62 bits per heavy atom. The van der Waals surface area contributed by atoms with E-state index < -0.39 is 24.5 Å². The number of aromatic nitrogens is 1. The normalized spacial score (nSPS) is 10.8. The number of nitrogens with zero attached hydrogens (tertiary/aromatic N) is 1. The third kappa shape index (κ3) is 2.88. The fourth-order valence-corrected chi connectivity index (χ4v) is 1.68. The van der Waals surface area contributed by atoms with E-state index in [1.807, 2.05) is 0 Å². The van der Waals surface area contributed by atoms with E-state index in [2.05, 4.69) is 20.9 Å². The zero-order valence-electron chi connectivity index (χ0n) is 8.08. The van der Waals surface area contributed by atoms with Gasteiger partial charge in [0.05, 0.1) is 17.8 Å². The molecule has 16 heavy (non-hydrogen) atoms. The van der Waals surface area contributed by atoms with Crippen LogP contribution in [0.1, 0.15) is 23.4 Å². The molecule has 0 unspecified atom stereocenters. The van der Waals surface area contributed by atoms with E-state index in [1.54, 1.807) is 0 Å². The summed E-state index contributed by atoms with van der Waals surface area (Å²) in [6.07, 6.45) is -3.33. The molecule has 1 aromatic heterocycles. The molecule has 1 aromatic rings. The molecule has 0 aliphatic rings. The number of carboxylic acid groups (broad SMARTS) is 1. The first-order chi connectivity index (χ1) is 7.45. The monoisotopic (exact) mass is 294 g/mol. The second-order valence-corrected chi connectivity index (χ2v) is 3.63. The van der Waals surface area contributed by atoms with Crippen LogP contribution in [0.25, 0.3) is 0 Å². The number of aliphatic carboxylic acids is 1. The van der Waals surface area contributed by atoms with Gasteiger partial charge in [-0.2, -0.15) is 0 Å². The highest BCUT2D eigenvalue weighted by atomic mass is 79.9. The van der Waals surface area contributed by atoms with Crippen molar-refractivity contribution in [2.75, 3.05) is 5.73 Å². The Morgan fingerprint density at radius 3 is 2.69 bits per heavy atom. The van der Waals surface area contributed by atoms with Crippen LogP contribution < -0.4 is 5.73 Å². The van der Waals surface area contributed by atoms with Crippen molar-refractivity contribution < 1.29 is 18.7 Å². The summed E-state index contributed by atoms with van der Waals surface area (Å²) >= 11 is 3.06. The molecular formula is C9H9BrF2N2O2. The number of carbonyl (C=O) groups is 1. The molecule has 0 amide bonds. The summed E-state index contributed by atoms with van der Waals surface area (Å²) in [6.45, 7) is 0. The number of carboxylic acids is 1. The summed E-state index contributed by atoms with van der Waals surface area (Å²) in [5, 5.41) is 8.81. The van der Waals surface area contributed by atoms with Crippen LogP contribution in [-0.4, -0.2) is 16.1 Å². The van der Waals surface area contributed by atoms with Crippen LogP contribution in [-0.2, 0) is 16.5 Å². The molecule has 0 aliphatic heterocycles. The average molecular weight is 295 g/mol. The number of halogens is 3. The van der Waals surface area contributed by atoms with Gasteiger partial charge < -0.3 is 10.8 Å². The highest BCUT2D eigenvalue weighted by Gasteiger charge is 2.19. The minimum absolute atomic E-state index is 0.0512. The van der Waals surface area contributed by atoms with Gasteiger partial charge in [0.2, 0.25) is 0 Å². The Bertz CT molecular complexity index is 413. The summed E-state index contributed by atoms with van der Waals surface area (Å²) < 4.78 is 25.2. The van der Waals surface area contributed by atoms with Gasteiger partial charge in [0.1, 0.15) is 5.69 Å². The van der Waals surface area contributed by atoms with Crippen molar-refractivity contribution in [1.82, 2.24) is 4.98 Å². The van der Waals surface area contributed by atoms with Crippen molar-refractivity contribution >= 4 is 27.6 Å².